The Hall–Kier alpha value is -1.22. The van der Waals surface area contributed by atoms with Crippen molar-refractivity contribution in [3.05, 3.63) is 34.7 Å². The van der Waals surface area contributed by atoms with E-state index in [2.05, 4.69) is 0 Å². The maximum Gasteiger partial charge on any atom is 0.156 e. The second kappa shape index (κ2) is 5.41. The number of hydrogen-bond donors (Lipinski definition) is 1. The minimum atomic E-state index is 0.230. The van der Waals surface area contributed by atoms with Gasteiger partial charge < -0.3 is 5.11 Å². The van der Waals surface area contributed by atoms with Gasteiger partial charge >= 0.3 is 0 Å². The summed E-state index contributed by atoms with van der Waals surface area (Å²) in [5.74, 6) is 0.582. The van der Waals surface area contributed by atoms with Crippen molar-refractivity contribution in [3.63, 3.8) is 0 Å². The summed E-state index contributed by atoms with van der Waals surface area (Å²) in [5, 5.41) is 9.60. The predicted molar refractivity (Wildman–Crippen MR) is 70.3 cm³/mol. The van der Waals surface area contributed by atoms with E-state index in [4.69, 9.17) is 0 Å². The Kier molecular flexibility index (Phi) is 3.89. The lowest BCUT2D eigenvalue weighted by Crippen LogP contribution is -2.00. The lowest BCUT2D eigenvalue weighted by atomic mass is 10.1. The fourth-order valence-electron chi connectivity index (χ4n) is 1.90. The molecule has 0 aromatic heterocycles. The van der Waals surface area contributed by atoms with Gasteiger partial charge in [0.15, 0.2) is 5.78 Å². The van der Waals surface area contributed by atoms with Crippen molar-refractivity contribution in [1.82, 2.24) is 0 Å². The molecule has 1 aromatic carbocycles. The van der Waals surface area contributed by atoms with Gasteiger partial charge in [-0.1, -0.05) is 18.7 Å². The fourth-order valence-corrected chi connectivity index (χ4v) is 2.98. The van der Waals surface area contributed by atoms with Crippen molar-refractivity contribution in [2.45, 2.75) is 37.5 Å². The standard InChI is InChI=1S/C14H16O2S/c1-2-10-8-13(6-7-14(10)16)17-12-5-3-4-11(15)9-12/h6-9,16H,2-5H2,1H3. The molecule has 0 saturated carbocycles. The smallest absolute Gasteiger partial charge is 0.156 e. The zero-order valence-corrected chi connectivity index (χ0v) is 10.7. The Morgan fingerprint density at radius 1 is 1.35 bits per heavy atom. The van der Waals surface area contributed by atoms with E-state index >= 15 is 0 Å². The summed E-state index contributed by atoms with van der Waals surface area (Å²) in [4.78, 5) is 13.5. The first kappa shape index (κ1) is 12.2. The molecule has 1 aliphatic carbocycles. The van der Waals surface area contributed by atoms with Crippen molar-refractivity contribution in [1.29, 1.82) is 0 Å². The molecule has 2 rings (SSSR count). The average Bonchev–Trinajstić information content (AvgIpc) is 2.32. The summed E-state index contributed by atoms with van der Waals surface area (Å²) in [5.41, 5.74) is 0.956. The van der Waals surface area contributed by atoms with Gasteiger partial charge in [0.05, 0.1) is 0 Å². The first-order valence-corrected chi connectivity index (χ1v) is 6.74. The van der Waals surface area contributed by atoms with Gasteiger partial charge in [0.1, 0.15) is 5.75 Å². The Balaban J connectivity index is 2.16. The van der Waals surface area contributed by atoms with Gasteiger partial charge in [-0.3, -0.25) is 4.79 Å². The number of ketones is 1. The SMILES string of the molecule is CCc1cc(SC2=CC(=O)CCC2)ccc1O. The number of benzene rings is 1. The topological polar surface area (TPSA) is 37.3 Å². The van der Waals surface area contributed by atoms with Crippen molar-refractivity contribution in [3.8, 4) is 5.75 Å². The highest BCUT2D eigenvalue weighted by atomic mass is 32.2. The van der Waals surface area contributed by atoms with Gasteiger partial charge in [-0.2, -0.15) is 0 Å². The van der Waals surface area contributed by atoms with Gasteiger partial charge in [0.2, 0.25) is 0 Å². The fraction of sp³-hybridized carbons (Fsp3) is 0.357. The Morgan fingerprint density at radius 3 is 2.88 bits per heavy atom. The molecule has 1 aliphatic rings. The molecule has 0 saturated heterocycles. The molecule has 2 nitrogen and oxygen atoms in total. The van der Waals surface area contributed by atoms with E-state index in [-0.39, 0.29) is 5.78 Å². The molecule has 0 fully saturated rings. The van der Waals surface area contributed by atoms with Crippen LogP contribution in [0.1, 0.15) is 31.7 Å². The second-order valence-electron chi connectivity index (χ2n) is 4.18. The Labute approximate surface area is 106 Å². The molecule has 0 aliphatic heterocycles. The van der Waals surface area contributed by atoms with Crippen LogP contribution < -0.4 is 0 Å². The number of rotatable bonds is 3. The van der Waals surface area contributed by atoms with Crippen LogP contribution in [0.2, 0.25) is 0 Å². The largest absolute Gasteiger partial charge is 0.508 e. The van der Waals surface area contributed by atoms with E-state index in [1.807, 2.05) is 19.1 Å². The van der Waals surface area contributed by atoms with E-state index in [1.54, 1.807) is 23.9 Å². The third kappa shape index (κ3) is 3.13. The van der Waals surface area contributed by atoms with Gasteiger partial charge in [-0.25, -0.2) is 0 Å². The minimum absolute atomic E-state index is 0.230. The predicted octanol–water partition coefficient (Wildman–Crippen LogP) is 3.68. The highest BCUT2D eigenvalue weighted by Crippen LogP contribution is 2.34. The number of carbonyl (C=O) groups is 1. The molecule has 17 heavy (non-hydrogen) atoms. The van der Waals surface area contributed by atoms with E-state index in [1.165, 1.54) is 0 Å². The normalized spacial score (nSPS) is 15.8. The van der Waals surface area contributed by atoms with E-state index in [9.17, 15) is 9.90 Å². The summed E-state index contributed by atoms with van der Waals surface area (Å²) in [6, 6.07) is 5.63. The molecule has 90 valence electrons. The second-order valence-corrected chi connectivity index (χ2v) is 5.38. The lowest BCUT2D eigenvalue weighted by molar-refractivity contribution is -0.115. The van der Waals surface area contributed by atoms with E-state index in [0.717, 1.165) is 34.6 Å². The number of aryl methyl sites for hydroxylation is 1. The number of hydrogen-bond acceptors (Lipinski definition) is 3. The zero-order valence-electron chi connectivity index (χ0n) is 9.90. The summed E-state index contributed by atoms with van der Waals surface area (Å²) in [7, 11) is 0. The first-order valence-electron chi connectivity index (χ1n) is 5.92. The van der Waals surface area contributed by atoms with Crippen LogP contribution in [0.15, 0.2) is 34.1 Å². The van der Waals surface area contributed by atoms with Crippen LogP contribution >= 0.6 is 11.8 Å². The van der Waals surface area contributed by atoms with E-state index in [0.29, 0.717) is 12.2 Å². The van der Waals surface area contributed by atoms with Gasteiger partial charge in [0, 0.05) is 11.3 Å². The number of thioether (sulfide) groups is 1. The number of allylic oxidation sites excluding steroid dienone is 2. The molecule has 0 amide bonds. The van der Waals surface area contributed by atoms with Gasteiger partial charge in [-0.15, -0.1) is 0 Å². The Bertz CT molecular complexity index is 463. The maximum absolute atomic E-state index is 11.3. The molecule has 3 heteroatoms. The summed E-state index contributed by atoms with van der Waals surface area (Å²) in [6.45, 7) is 2.02. The molecular weight excluding hydrogens is 232 g/mol. The van der Waals surface area contributed by atoms with Crippen LogP contribution in [-0.2, 0) is 11.2 Å². The molecular formula is C14H16O2S. The quantitative estimate of drug-likeness (QED) is 0.886. The van der Waals surface area contributed by atoms with Crippen molar-refractivity contribution in [2.75, 3.05) is 0 Å². The third-order valence-electron chi connectivity index (χ3n) is 2.85. The van der Waals surface area contributed by atoms with Crippen LogP contribution in [0.5, 0.6) is 5.75 Å². The number of aromatic hydroxyl groups is 1. The molecule has 1 aromatic rings. The molecule has 0 radical (unpaired) electrons. The van der Waals surface area contributed by atoms with Crippen LogP contribution in [-0.4, -0.2) is 10.9 Å². The van der Waals surface area contributed by atoms with Crippen LogP contribution in [0.25, 0.3) is 0 Å². The molecule has 0 bridgehead atoms. The maximum atomic E-state index is 11.3. The number of phenolic OH excluding ortho intramolecular Hbond substituents is 1. The third-order valence-corrected chi connectivity index (χ3v) is 3.92. The van der Waals surface area contributed by atoms with Crippen molar-refractivity contribution in [2.24, 2.45) is 0 Å². The molecule has 1 N–H and O–H groups in total. The van der Waals surface area contributed by atoms with Crippen LogP contribution in [0.3, 0.4) is 0 Å². The summed E-state index contributed by atoms with van der Waals surface area (Å²) in [6.07, 6.45) is 5.19. The minimum Gasteiger partial charge on any atom is -0.508 e. The van der Waals surface area contributed by atoms with Gasteiger partial charge in [-0.05, 0) is 54.0 Å². The van der Waals surface area contributed by atoms with Crippen molar-refractivity contribution >= 4 is 17.5 Å². The van der Waals surface area contributed by atoms with E-state index < -0.39 is 0 Å². The lowest BCUT2D eigenvalue weighted by Gasteiger charge is -2.12. The zero-order chi connectivity index (χ0) is 12.3. The first-order chi connectivity index (χ1) is 8.19. The number of phenols is 1. The monoisotopic (exact) mass is 248 g/mol. The molecule has 0 spiro atoms. The highest BCUT2D eigenvalue weighted by Gasteiger charge is 2.11. The van der Waals surface area contributed by atoms with Crippen LogP contribution in [0, 0.1) is 0 Å². The average molecular weight is 248 g/mol. The Morgan fingerprint density at radius 2 is 2.18 bits per heavy atom. The van der Waals surface area contributed by atoms with Crippen molar-refractivity contribution < 1.29 is 9.90 Å². The molecule has 0 atom stereocenters. The highest BCUT2D eigenvalue weighted by molar-refractivity contribution is 8.03. The van der Waals surface area contributed by atoms with Crippen LogP contribution in [0.4, 0.5) is 0 Å². The molecule has 0 heterocycles. The van der Waals surface area contributed by atoms with Gasteiger partial charge in [0.25, 0.3) is 0 Å². The molecule has 0 unspecified atom stereocenters. The summed E-state index contributed by atoms with van der Waals surface area (Å²) >= 11 is 1.64. The number of carbonyl (C=O) groups excluding carboxylic acids is 1. The summed E-state index contributed by atoms with van der Waals surface area (Å²) < 4.78 is 0.